The third kappa shape index (κ3) is 7.39. The van der Waals surface area contributed by atoms with Gasteiger partial charge in [0.2, 0.25) is 0 Å². The van der Waals surface area contributed by atoms with Gasteiger partial charge in [-0.25, -0.2) is 5.01 Å². The number of nitro groups is 1. The summed E-state index contributed by atoms with van der Waals surface area (Å²) in [7, 11) is 0. The molecule has 5 aromatic rings. The number of nitrogens with one attached hydrogen (secondary N) is 1. The maximum absolute atomic E-state index is 13.9. The van der Waals surface area contributed by atoms with Crippen LogP contribution in [0.25, 0.3) is 5.69 Å². The summed E-state index contributed by atoms with van der Waals surface area (Å²) in [4.78, 5) is 38.9. The Balaban J connectivity index is 1.25. The maximum Gasteiger partial charge on any atom is 0.273 e. The van der Waals surface area contributed by atoms with E-state index in [0.717, 1.165) is 21.7 Å². The summed E-state index contributed by atoms with van der Waals surface area (Å²) in [6.45, 7) is 5.96. The number of hydrazone groups is 1. The van der Waals surface area contributed by atoms with Crippen LogP contribution in [-0.2, 0) is 11.3 Å². The maximum atomic E-state index is 13.9. The van der Waals surface area contributed by atoms with Gasteiger partial charge in [0.1, 0.15) is 5.75 Å². The topological polar surface area (TPSA) is 145 Å². The van der Waals surface area contributed by atoms with Crippen molar-refractivity contribution in [2.24, 2.45) is 5.10 Å². The van der Waals surface area contributed by atoms with E-state index in [2.05, 4.69) is 15.5 Å². The van der Waals surface area contributed by atoms with E-state index in [4.69, 9.17) is 9.84 Å². The number of nitrogens with zero attached hydrogens (tertiary/aromatic N) is 6. The second-order valence-electron chi connectivity index (χ2n) is 11.2. The third-order valence-corrected chi connectivity index (χ3v) is 9.85. The molecule has 1 unspecified atom stereocenters. The summed E-state index contributed by atoms with van der Waals surface area (Å²) in [5, 5.41) is 31.8. The summed E-state index contributed by atoms with van der Waals surface area (Å²) >= 11 is 2.81. The molecule has 0 aliphatic carbocycles. The van der Waals surface area contributed by atoms with E-state index in [-0.39, 0.29) is 41.1 Å². The molecule has 0 spiro atoms. The van der Waals surface area contributed by atoms with Crippen molar-refractivity contribution in [3.63, 3.8) is 0 Å². The number of rotatable bonds is 12. The van der Waals surface area contributed by atoms with Crippen LogP contribution in [0.3, 0.4) is 0 Å². The first kappa shape index (κ1) is 33.6. The molecule has 0 radical (unpaired) electrons. The van der Waals surface area contributed by atoms with Crippen LogP contribution in [-0.4, -0.2) is 54.6 Å². The summed E-state index contributed by atoms with van der Waals surface area (Å²) in [6, 6.07) is 23.6. The molecule has 0 saturated heterocycles. The summed E-state index contributed by atoms with van der Waals surface area (Å²) in [5.74, 6) is 0.474. The summed E-state index contributed by atoms with van der Waals surface area (Å²) < 4.78 is 7.39. The van der Waals surface area contributed by atoms with E-state index in [9.17, 15) is 19.7 Å². The number of nitro benzene ring substituents is 1. The smallest absolute Gasteiger partial charge is 0.273 e. The van der Waals surface area contributed by atoms with Crippen molar-refractivity contribution in [2.45, 2.75) is 44.9 Å². The highest BCUT2D eigenvalue weighted by Gasteiger charge is 2.34. The number of hydrogen-bond acceptors (Lipinski definition) is 10. The van der Waals surface area contributed by atoms with Crippen molar-refractivity contribution in [3.8, 4) is 11.4 Å². The molecule has 0 fully saturated rings. The molecule has 49 heavy (non-hydrogen) atoms. The number of hydrogen-bond donors (Lipinski definition) is 1. The van der Waals surface area contributed by atoms with Gasteiger partial charge in [0, 0.05) is 29.3 Å². The SMILES string of the molecule is CCOc1ccc(-n2c(CNC(=O)c3cccc([N+](=O)[O-])c3C)nnc2SCC(=O)N2N=C(c3cccs3)CC2c2ccc(C)cc2)cc1. The Labute approximate surface area is 291 Å². The number of aromatic nitrogens is 3. The predicted octanol–water partition coefficient (Wildman–Crippen LogP) is 6.65. The Morgan fingerprint density at radius 1 is 1.04 bits per heavy atom. The normalized spacial score (nSPS) is 14.1. The quantitative estimate of drug-likeness (QED) is 0.0868. The molecule has 6 rings (SSSR count). The monoisotopic (exact) mass is 695 g/mol. The highest BCUT2D eigenvalue weighted by atomic mass is 32.2. The molecule has 0 saturated carbocycles. The number of benzene rings is 3. The van der Waals surface area contributed by atoms with Gasteiger partial charge in [-0.1, -0.05) is 53.7 Å². The van der Waals surface area contributed by atoms with Crippen molar-refractivity contribution in [1.29, 1.82) is 0 Å². The lowest BCUT2D eigenvalue weighted by Crippen LogP contribution is -2.28. The Morgan fingerprint density at radius 3 is 2.51 bits per heavy atom. The van der Waals surface area contributed by atoms with E-state index >= 15 is 0 Å². The lowest BCUT2D eigenvalue weighted by Gasteiger charge is -2.22. The minimum atomic E-state index is -0.515. The van der Waals surface area contributed by atoms with Crippen molar-refractivity contribution < 1.29 is 19.2 Å². The predicted molar refractivity (Wildman–Crippen MR) is 188 cm³/mol. The van der Waals surface area contributed by atoms with Gasteiger partial charge in [-0.2, -0.15) is 5.10 Å². The van der Waals surface area contributed by atoms with Crippen molar-refractivity contribution >= 4 is 46.3 Å². The van der Waals surface area contributed by atoms with E-state index < -0.39 is 10.8 Å². The average Bonchev–Trinajstić information content (AvgIpc) is 3.88. The van der Waals surface area contributed by atoms with Crippen molar-refractivity contribution in [2.75, 3.05) is 12.4 Å². The van der Waals surface area contributed by atoms with Crippen LogP contribution in [0.4, 0.5) is 5.69 Å². The van der Waals surface area contributed by atoms with Crippen LogP contribution in [0.5, 0.6) is 5.75 Å². The third-order valence-electron chi connectivity index (χ3n) is 8.02. The molecular weight excluding hydrogens is 663 g/mol. The van der Waals surface area contributed by atoms with Crippen LogP contribution in [0, 0.1) is 24.0 Å². The second kappa shape index (κ2) is 14.8. The van der Waals surface area contributed by atoms with Gasteiger partial charge < -0.3 is 10.1 Å². The largest absolute Gasteiger partial charge is 0.494 e. The molecule has 1 aliphatic rings. The molecule has 1 N–H and O–H groups in total. The van der Waals surface area contributed by atoms with Crippen molar-refractivity contribution in [3.05, 3.63) is 127 Å². The molecule has 12 nitrogen and oxygen atoms in total. The van der Waals surface area contributed by atoms with E-state index in [1.54, 1.807) is 27.8 Å². The number of carbonyl (C=O) groups excluding carboxylic acids is 2. The lowest BCUT2D eigenvalue weighted by atomic mass is 10.00. The van der Waals surface area contributed by atoms with Crippen molar-refractivity contribution in [1.82, 2.24) is 25.1 Å². The Morgan fingerprint density at radius 2 is 1.82 bits per heavy atom. The van der Waals surface area contributed by atoms with Gasteiger partial charge in [0.05, 0.1) is 40.5 Å². The Kier molecular flexibility index (Phi) is 10.2. The fourth-order valence-electron chi connectivity index (χ4n) is 5.52. The lowest BCUT2D eigenvalue weighted by molar-refractivity contribution is -0.385. The Bertz CT molecular complexity index is 2010. The molecule has 2 aromatic heterocycles. The highest BCUT2D eigenvalue weighted by molar-refractivity contribution is 7.99. The number of carbonyl (C=O) groups is 2. The summed E-state index contributed by atoms with van der Waals surface area (Å²) in [6.07, 6.45) is 0.607. The standard InChI is InChI=1S/C35H33N7O5S2/c1-4-47-26-16-14-25(15-17-26)40-32(20-36-34(44)27-7-5-8-29(23(27)3)42(45)46)37-38-35(40)49-21-33(43)41-30(24-12-10-22(2)11-13-24)19-28(39-41)31-9-6-18-48-31/h5-18,30H,4,19-21H2,1-3H3,(H,36,44). The van der Waals surface area contributed by atoms with Crippen LogP contribution in [0.1, 0.15) is 57.1 Å². The van der Waals surface area contributed by atoms with Gasteiger partial charge in [0.25, 0.3) is 17.5 Å². The van der Waals surface area contributed by atoms with E-state index in [1.165, 1.54) is 30.0 Å². The van der Waals surface area contributed by atoms with Gasteiger partial charge in [0.15, 0.2) is 11.0 Å². The first-order valence-electron chi connectivity index (χ1n) is 15.6. The number of aryl methyl sites for hydroxylation is 1. The highest BCUT2D eigenvalue weighted by Crippen LogP contribution is 2.35. The molecule has 0 bridgehead atoms. The van der Waals surface area contributed by atoms with Crippen LogP contribution in [0.2, 0.25) is 0 Å². The van der Waals surface area contributed by atoms with Gasteiger partial charge in [-0.15, -0.1) is 21.5 Å². The molecule has 3 aromatic carbocycles. The van der Waals surface area contributed by atoms with Gasteiger partial charge in [-0.3, -0.25) is 24.3 Å². The Hall–Kier alpha value is -5.34. The first-order valence-corrected chi connectivity index (χ1v) is 17.4. The fourth-order valence-corrected chi connectivity index (χ4v) is 7.06. The molecule has 1 aliphatic heterocycles. The first-order chi connectivity index (χ1) is 23.7. The molecule has 1 atom stereocenters. The molecule has 250 valence electrons. The molecule has 14 heteroatoms. The molecular formula is C35H33N7O5S2. The van der Waals surface area contributed by atoms with Gasteiger partial charge >= 0.3 is 0 Å². The number of thioether (sulfide) groups is 1. The molecule has 3 heterocycles. The second-order valence-corrected chi connectivity index (χ2v) is 13.1. The summed E-state index contributed by atoms with van der Waals surface area (Å²) in [5.41, 5.74) is 4.04. The zero-order valence-corrected chi connectivity index (χ0v) is 28.7. The minimum Gasteiger partial charge on any atom is -0.494 e. The minimum absolute atomic E-state index is 0.0221. The van der Waals surface area contributed by atoms with Crippen LogP contribution in [0.15, 0.2) is 94.5 Å². The van der Waals surface area contributed by atoms with E-state index in [1.807, 2.05) is 79.9 Å². The number of amides is 2. The zero-order valence-electron chi connectivity index (χ0n) is 27.0. The zero-order chi connectivity index (χ0) is 34.5. The number of ether oxygens (including phenoxy) is 1. The molecule has 2 amide bonds. The number of thiophene rings is 1. The van der Waals surface area contributed by atoms with Gasteiger partial charge in [-0.05, 0) is 68.1 Å². The van der Waals surface area contributed by atoms with Crippen LogP contribution >= 0.6 is 23.1 Å². The average molecular weight is 696 g/mol. The van der Waals surface area contributed by atoms with Crippen LogP contribution < -0.4 is 10.1 Å². The fraction of sp³-hybridized carbons (Fsp3) is 0.229. The van der Waals surface area contributed by atoms with E-state index in [0.29, 0.717) is 35.4 Å².